The van der Waals surface area contributed by atoms with Crippen LogP contribution in [0.2, 0.25) is 0 Å². The summed E-state index contributed by atoms with van der Waals surface area (Å²) in [6.45, 7) is 0. The molecule has 2 rings (SSSR count). The Kier molecular flexibility index (Phi) is 6.18. The lowest BCUT2D eigenvalue weighted by Gasteiger charge is -2.00. The van der Waals surface area contributed by atoms with E-state index in [9.17, 15) is 0 Å². The zero-order valence-electron chi connectivity index (χ0n) is 12.9. The Labute approximate surface area is 131 Å². The molecule has 0 heterocycles. The van der Waals surface area contributed by atoms with Crippen LogP contribution in [0.5, 0.6) is 11.5 Å². The van der Waals surface area contributed by atoms with Crippen LogP contribution in [0.25, 0.3) is 0 Å². The van der Waals surface area contributed by atoms with E-state index in [0.29, 0.717) is 0 Å². The van der Waals surface area contributed by atoms with Crippen LogP contribution in [0.3, 0.4) is 0 Å². The molecule has 0 bridgehead atoms. The molecule has 0 unspecified atom stereocenters. The van der Waals surface area contributed by atoms with Crippen LogP contribution in [-0.2, 0) is 12.8 Å². The van der Waals surface area contributed by atoms with Crippen molar-refractivity contribution in [2.45, 2.75) is 12.8 Å². The molecule has 0 aliphatic rings. The van der Waals surface area contributed by atoms with Crippen molar-refractivity contribution in [1.82, 2.24) is 0 Å². The van der Waals surface area contributed by atoms with Gasteiger partial charge in [0, 0.05) is 25.3 Å². The fourth-order valence-electron chi connectivity index (χ4n) is 1.91. The van der Waals surface area contributed by atoms with Gasteiger partial charge in [0.25, 0.3) is 0 Å². The summed E-state index contributed by atoms with van der Waals surface area (Å²) in [4.78, 5) is 0. The van der Waals surface area contributed by atoms with Crippen molar-refractivity contribution < 1.29 is 9.47 Å². The first-order chi connectivity index (χ1) is 10.8. The predicted molar refractivity (Wildman–Crippen MR) is 90.4 cm³/mol. The molecule has 0 aliphatic carbocycles. The summed E-state index contributed by atoms with van der Waals surface area (Å²) in [5.74, 6) is 1.72. The number of hydrogen-bond donors (Lipinski definition) is 0. The minimum absolute atomic E-state index is 0.754. The summed E-state index contributed by atoms with van der Waals surface area (Å²) >= 11 is 0. The lowest BCUT2D eigenvalue weighted by Crippen LogP contribution is -1.88. The summed E-state index contributed by atoms with van der Waals surface area (Å²) < 4.78 is 10.2. The number of benzene rings is 2. The van der Waals surface area contributed by atoms with Crippen LogP contribution in [0, 0.1) is 0 Å². The van der Waals surface area contributed by atoms with Crippen molar-refractivity contribution in [2.75, 3.05) is 14.2 Å². The predicted octanol–water partition coefficient (Wildman–Crippen LogP) is 3.55. The first-order valence-corrected chi connectivity index (χ1v) is 7.11. The molecular formula is C18H20N2O2. The fourth-order valence-corrected chi connectivity index (χ4v) is 1.91. The molecule has 2 aromatic rings. The summed E-state index contributed by atoms with van der Waals surface area (Å²) in [6.07, 6.45) is 5.10. The first kappa shape index (κ1) is 15.8. The molecule has 0 fully saturated rings. The van der Waals surface area contributed by atoms with E-state index in [2.05, 4.69) is 10.2 Å². The highest BCUT2D eigenvalue weighted by molar-refractivity contribution is 5.65. The van der Waals surface area contributed by atoms with E-state index >= 15 is 0 Å². The minimum atomic E-state index is 0.754. The number of rotatable bonds is 7. The van der Waals surface area contributed by atoms with E-state index in [0.717, 1.165) is 24.3 Å². The molecule has 0 aromatic heterocycles. The van der Waals surface area contributed by atoms with E-state index in [-0.39, 0.29) is 0 Å². The highest BCUT2D eigenvalue weighted by Crippen LogP contribution is 2.12. The minimum Gasteiger partial charge on any atom is -0.497 e. The van der Waals surface area contributed by atoms with Gasteiger partial charge in [-0.2, -0.15) is 10.2 Å². The van der Waals surface area contributed by atoms with Crippen molar-refractivity contribution in [3.63, 3.8) is 0 Å². The average Bonchev–Trinajstić information content (AvgIpc) is 2.59. The molecule has 114 valence electrons. The summed E-state index contributed by atoms with van der Waals surface area (Å²) in [7, 11) is 3.32. The van der Waals surface area contributed by atoms with Crippen molar-refractivity contribution in [3.05, 3.63) is 59.7 Å². The van der Waals surface area contributed by atoms with E-state index < -0.39 is 0 Å². The third kappa shape index (κ3) is 5.05. The van der Waals surface area contributed by atoms with Crippen LogP contribution in [0.4, 0.5) is 0 Å². The molecule has 0 aliphatic heterocycles. The molecule has 0 saturated heterocycles. The summed E-state index contributed by atoms with van der Waals surface area (Å²) in [6, 6.07) is 15.8. The van der Waals surface area contributed by atoms with Gasteiger partial charge in [0.05, 0.1) is 14.2 Å². The monoisotopic (exact) mass is 296 g/mol. The smallest absolute Gasteiger partial charge is 0.118 e. The molecular weight excluding hydrogens is 276 g/mol. The van der Waals surface area contributed by atoms with Gasteiger partial charge in [-0.25, -0.2) is 0 Å². The van der Waals surface area contributed by atoms with Crippen LogP contribution >= 0.6 is 0 Å². The zero-order chi connectivity index (χ0) is 15.6. The topological polar surface area (TPSA) is 43.2 Å². The van der Waals surface area contributed by atoms with Gasteiger partial charge in [0.2, 0.25) is 0 Å². The van der Waals surface area contributed by atoms with E-state index in [1.807, 2.05) is 48.5 Å². The molecule has 4 nitrogen and oxygen atoms in total. The normalized spacial score (nSPS) is 11.2. The lowest BCUT2D eigenvalue weighted by molar-refractivity contribution is 0.414. The Bertz CT molecular complexity index is 559. The maximum Gasteiger partial charge on any atom is 0.118 e. The highest BCUT2D eigenvalue weighted by Gasteiger charge is 1.93. The quantitative estimate of drug-likeness (QED) is 0.579. The number of ether oxygens (including phenoxy) is 2. The van der Waals surface area contributed by atoms with E-state index in [1.165, 1.54) is 11.1 Å². The molecule has 0 amide bonds. The molecule has 2 aromatic carbocycles. The Morgan fingerprint density at radius 3 is 1.36 bits per heavy atom. The van der Waals surface area contributed by atoms with Gasteiger partial charge in [0.15, 0.2) is 0 Å². The van der Waals surface area contributed by atoms with Gasteiger partial charge in [-0.05, 0) is 35.4 Å². The van der Waals surface area contributed by atoms with Crippen LogP contribution in [-0.4, -0.2) is 26.6 Å². The number of hydrogen-bond acceptors (Lipinski definition) is 4. The SMILES string of the molecule is COc1ccc(C/C=N/N=C/Cc2ccc(OC)cc2)cc1. The number of nitrogens with zero attached hydrogens (tertiary/aromatic N) is 2. The first-order valence-electron chi connectivity index (χ1n) is 7.11. The fraction of sp³-hybridized carbons (Fsp3) is 0.222. The van der Waals surface area contributed by atoms with Crippen molar-refractivity contribution in [1.29, 1.82) is 0 Å². The second-order valence-electron chi connectivity index (χ2n) is 4.70. The van der Waals surface area contributed by atoms with Crippen LogP contribution in [0.15, 0.2) is 58.7 Å². The molecule has 0 saturated carbocycles. The molecule has 0 N–H and O–H groups in total. The second-order valence-corrected chi connectivity index (χ2v) is 4.70. The molecule has 22 heavy (non-hydrogen) atoms. The van der Waals surface area contributed by atoms with Gasteiger partial charge >= 0.3 is 0 Å². The Hall–Kier alpha value is -2.62. The standard InChI is InChI=1S/C18H20N2O2/c1-21-17-7-3-15(4-8-17)11-13-19-20-14-12-16-5-9-18(22-2)10-6-16/h3-10,13-14H,11-12H2,1-2H3/b19-13+,20-14+. The second kappa shape index (κ2) is 8.62. The summed E-state index contributed by atoms with van der Waals surface area (Å²) in [5.41, 5.74) is 2.35. The van der Waals surface area contributed by atoms with E-state index in [4.69, 9.17) is 9.47 Å². The van der Waals surface area contributed by atoms with Gasteiger partial charge in [0.1, 0.15) is 11.5 Å². The largest absolute Gasteiger partial charge is 0.497 e. The third-order valence-corrected chi connectivity index (χ3v) is 3.20. The van der Waals surface area contributed by atoms with Gasteiger partial charge < -0.3 is 9.47 Å². The van der Waals surface area contributed by atoms with E-state index in [1.54, 1.807) is 26.6 Å². The maximum absolute atomic E-state index is 5.12. The molecule has 4 heteroatoms. The third-order valence-electron chi connectivity index (χ3n) is 3.20. The Morgan fingerprint density at radius 1 is 0.682 bits per heavy atom. The van der Waals surface area contributed by atoms with Crippen molar-refractivity contribution in [3.8, 4) is 11.5 Å². The van der Waals surface area contributed by atoms with Gasteiger partial charge in [-0.3, -0.25) is 0 Å². The van der Waals surface area contributed by atoms with Crippen LogP contribution < -0.4 is 9.47 Å². The van der Waals surface area contributed by atoms with Crippen LogP contribution in [0.1, 0.15) is 11.1 Å². The van der Waals surface area contributed by atoms with Crippen molar-refractivity contribution in [2.24, 2.45) is 10.2 Å². The summed E-state index contributed by atoms with van der Waals surface area (Å²) in [5, 5.41) is 8.09. The maximum atomic E-state index is 5.12. The van der Waals surface area contributed by atoms with Crippen molar-refractivity contribution >= 4 is 12.4 Å². The molecule has 0 radical (unpaired) electrons. The zero-order valence-corrected chi connectivity index (χ0v) is 12.9. The molecule has 0 atom stereocenters. The Morgan fingerprint density at radius 2 is 1.05 bits per heavy atom. The highest BCUT2D eigenvalue weighted by atomic mass is 16.5. The Balaban J connectivity index is 1.76. The van der Waals surface area contributed by atoms with Gasteiger partial charge in [-0.1, -0.05) is 24.3 Å². The van der Waals surface area contributed by atoms with Gasteiger partial charge in [-0.15, -0.1) is 0 Å². The average molecular weight is 296 g/mol. The number of methoxy groups -OCH3 is 2. The lowest BCUT2D eigenvalue weighted by atomic mass is 10.1. The molecule has 0 spiro atoms.